The summed E-state index contributed by atoms with van der Waals surface area (Å²) in [5.74, 6) is -0.576. The fourth-order valence-corrected chi connectivity index (χ4v) is 2.23. The first-order valence-corrected chi connectivity index (χ1v) is 7.30. The molecule has 0 aromatic rings. The fraction of sp³-hybridized carbons (Fsp3) is 0.733. The maximum atomic E-state index is 12.3. The highest BCUT2D eigenvalue weighted by Crippen LogP contribution is 2.17. The van der Waals surface area contributed by atoms with Gasteiger partial charge in [0.2, 0.25) is 5.91 Å². The first-order valence-electron chi connectivity index (χ1n) is 7.30. The van der Waals surface area contributed by atoms with E-state index in [2.05, 4.69) is 6.07 Å². The Hall–Kier alpha value is -2.10. The Bertz CT molecular complexity index is 490. The van der Waals surface area contributed by atoms with Gasteiger partial charge in [-0.1, -0.05) is 0 Å². The predicted octanol–water partition coefficient (Wildman–Crippen LogP) is 1.33. The number of Topliss-reactive ketones (excluding diaryl/α,β-unsaturated/α-hetero) is 1. The van der Waals surface area contributed by atoms with Gasteiger partial charge in [-0.3, -0.25) is 14.5 Å². The van der Waals surface area contributed by atoms with E-state index in [0.29, 0.717) is 13.0 Å². The van der Waals surface area contributed by atoms with Crippen LogP contribution in [0.25, 0.3) is 0 Å². The maximum absolute atomic E-state index is 12.3. The van der Waals surface area contributed by atoms with Gasteiger partial charge >= 0.3 is 6.09 Å². The molecule has 0 aromatic carbocycles. The maximum Gasteiger partial charge on any atom is 0.411 e. The number of nitrogens with zero attached hydrogens (tertiary/aromatic N) is 3. The summed E-state index contributed by atoms with van der Waals surface area (Å²) in [7, 11) is 0. The summed E-state index contributed by atoms with van der Waals surface area (Å²) in [5, 5.41) is 9.02. The molecule has 0 N–H and O–H groups in total. The van der Waals surface area contributed by atoms with Crippen LogP contribution in [-0.4, -0.2) is 58.9 Å². The molecular weight excluding hydrogens is 286 g/mol. The smallest absolute Gasteiger partial charge is 0.411 e. The summed E-state index contributed by atoms with van der Waals surface area (Å²) in [5.41, 5.74) is -0.710. The summed E-state index contributed by atoms with van der Waals surface area (Å²) in [4.78, 5) is 38.3. The second kappa shape index (κ2) is 7.25. The van der Waals surface area contributed by atoms with Crippen LogP contribution in [0.2, 0.25) is 0 Å². The average Bonchev–Trinajstić information content (AvgIpc) is 2.83. The standard InChI is InChI=1S/C15H23N3O4/c1-11(19)9-17(14(21)22-15(2,3)4)10-13(20)18-7-5-6-12(18)8-16/h12H,5-7,9-10H2,1-4H3/t12-/m0/s1. The van der Waals surface area contributed by atoms with E-state index in [9.17, 15) is 14.4 Å². The molecule has 122 valence electrons. The van der Waals surface area contributed by atoms with Gasteiger partial charge < -0.3 is 9.64 Å². The third-order valence-corrected chi connectivity index (χ3v) is 3.11. The average molecular weight is 309 g/mol. The molecule has 0 radical (unpaired) electrons. The number of amides is 2. The predicted molar refractivity (Wildman–Crippen MR) is 78.8 cm³/mol. The number of carbonyl (C=O) groups excluding carboxylic acids is 3. The molecule has 0 aromatic heterocycles. The number of ether oxygens (including phenoxy) is 1. The van der Waals surface area contributed by atoms with E-state index in [1.54, 1.807) is 20.8 Å². The fourth-order valence-electron chi connectivity index (χ4n) is 2.23. The minimum Gasteiger partial charge on any atom is -0.444 e. The summed E-state index contributed by atoms with van der Waals surface area (Å²) >= 11 is 0. The van der Waals surface area contributed by atoms with Crippen LogP contribution in [0, 0.1) is 11.3 Å². The van der Waals surface area contributed by atoms with E-state index in [0.717, 1.165) is 11.3 Å². The van der Waals surface area contributed by atoms with E-state index in [1.165, 1.54) is 11.8 Å². The number of ketones is 1. The van der Waals surface area contributed by atoms with Gasteiger partial charge in [0, 0.05) is 6.54 Å². The van der Waals surface area contributed by atoms with Crippen molar-refractivity contribution in [1.82, 2.24) is 9.80 Å². The largest absolute Gasteiger partial charge is 0.444 e. The second-order valence-electron chi connectivity index (χ2n) is 6.41. The molecule has 0 saturated carbocycles. The molecule has 22 heavy (non-hydrogen) atoms. The lowest BCUT2D eigenvalue weighted by Crippen LogP contribution is -2.47. The van der Waals surface area contributed by atoms with Gasteiger partial charge in [-0.2, -0.15) is 5.26 Å². The zero-order valence-corrected chi connectivity index (χ0v) is 13.6. The summed E-state index contributed by atoms with van der Waals surface area (Å²) in [6.45, 7) is 6.54. The zero-order chi connectivity index (χ0) is 16.9. The topological polar surface area (TPSA) is 90.7 Å². The van der Waals surface area contributed by atoms with Crippen molar-refractivity contribution in [3.8, 4) is 6.07 Å². The molecule has 1 heterocycles. The Kier molecular flexibility index (Phi) is 5.92. The summed E-state index contributed by atoms with van der Waals surface area (Å²) in [6.07, 6.45) is 0.702. The lowest BCUT2D eigenvalue weighted by atomic mass is 10.2. The van der Waals surface area contributed by atoms with Gasteiger partial charge in [0.25, 0.3) is 0 Å². The van der Waals surface area contributed by atoms with Crippen molar-refractivity contribution in [2.24, 2.45) is 0 Å². The number of hydrogen-bond donors (Lipinski definition) is 0. The van der Waals surface area contributed by atoms with Crippen molar-refractivity contribution in [3.05, 3.63) is 0 Å². The first-order chi connectivity index (χ1) is 10.1. The molecule has 7 nitrogen and oxygen atoms in total. The molecule has 0 unspecified atom stereocenters. The van der Waals surface area contributed by atoms with E-state index in [4.69, 9.17) is 10.00 Å². The Labute approximate surface area is 130 Å². The second-order valence-corrected chi connectivity index (χ2v) is 6.41. The van der Waals surface area contributed by atoms with E-state index >= 15 is 0 Å². The minimum atomic E-state index is -0.710. The quantitative estimate of drug-likeness (QED) is 0.781. The lowest BCUT2D eigenvalue weighted by Gasteiger charge is -2.28. The molecule has 1 rings (SSSR count). The Morgan fingerprint density at radius 2 is 1.95 bits per heavy atom. The molecule has 7 heteroatoms. The third-order valence-electron chi connectivity index (χ3n) is 3.11. The van der Waals surface area contributed by atoms with Gasteiger partial charge in [0.1, 0.15) is 24.0 Å². The van der Waals surface area contributed by atoms with Gasteiger partial charge in [-0.15, -0.1) is 0 Å². The first kappa shape index (κ1) is 18.0. The van der Waals surface area contributed by atoms with Gasteiger partial charge in [0.15, 0.2) is 0 Å². The van der Waals surface area contributed by atoms with Crippen LogP contribution >= 0.6 is 0 Å². The summed E-state index contributed by atoms with van der Waals surface area (Å²) in [6, 6.07) is 1.63. The monoisotopic (exact) mass is 309 g/mol. The zero-order valence-electron chi connectivity index (χ0n) is 13.6. The van der Waals surface area contributed by atoms with Crippen LogP contribution in [0.4, 0.5) is 4.79 Å². The molecule has 1 aliphatic heterocycles. The van der Waals surface area contributed by atoms with Crippen molar-refractivity contribution in [2.45, 2.75) is 52.2 Å². The Morgan fingerprint density at radius 1 is 1.32 bits per heavy atom. The van der Waals surface area contributed by atoms with Crippen LogP contribution in [0.3, 0.4) is 0 Å². The highest BCUT2D eigenvalue weighted by atomic mass is 16.6. The van der Waals surface area contributed by atoms with Gasteiger partial charge in [0.05, 0.1) is 12.6 Å². The molecule has 0 aliphatic carbocycles. The Morgan fingerprint density at radius 3 is 2.45 bits per heavy atom. The highest BCUT2D eigenvalue weighted by Gasteiger charge is 2.32. The van der Waals surface area contributed by atoms with Crippen molar-refractivity contribution >= 4 is 17.8 Å². The number of rotatable bonds is 4. The van der Waals surface area contributed by atoms with Crippen molar-refractivity contribution in [1.29, 1.82) is 5.26 Å². The van der Waals surface area contributed by atoms with Crippen molar-refractivity contribution in [2.75, 3.05) is 19.6 Å². The number of carbonyl (C=O) groups is 3. The molecular formula is C15H23N3O4. The Balaban J connectivity index is 2.76. The molecule has 2 amide bonds. The van der Waals surface area contributed by atoms with Crippen LogP contribution < -0.4 is 0 Å². The minimum absolute atomic E-state index is 0.189. The molecule has 1 aliphatic rings. The van der Waals surface area contributed by atoms with Gasteiger partial charge in [-0.05, 0) is 40.5 Å². The number of likely N-dealkylation sites (tertiary alicyclic amines) is 1. The van der Waals surface area contributed by atoms with Crippen LogP contribution in [0.15, 0.2) is 0 Å². The van der Waals surface area contributed by atoms with Crippen molar-refractivity contribution in [3.63, 3.8) is 0 Å². The lowest BCUT2D eigenvalue weighted by molar-refractivity contribution is -0.132. The molecule has 0 spiro atoms. The molecule has 1 atom stereocenters. The normalized spacial score (nSPS) is 17.8. The number of nitriles is 1. The van der Waals surface area contributed by atoms with E-state index < -0.39 is 17.7 Å². The molecule has 0 bridgehead atoms. The van der Waals surface area contributed by atoms with E-state index in [-0.39, 0.29) is 24.8 Å². The van der Waals surface area contributed by atoms with Gasteiger partial charge in [-0.25, -0.2) is 4.79 Å². The molecule has 1 saturated heterocycles. The third kappa shape index (κ3) is 5.35. The summed E-state index contributed by atoms with van der Waals surface area (Å²) < 4.78 is 5.22. The van der Waals surface area contributed by atoms with Crippen LogP contribution in [0.1, 0.15) is 40.5 Å². The number of hydrogen-bond acceptors (Lipinski definition) is 5. The molecule has 1 fully saturated rings. The van der Waals surface area contributed by atoms with Crippen molar-refractivity contribution < 1.29 is 19.1 Å². The SMILES string of the molecule is CC(=O)CN(CC(=O)N1CCC[C@H]1C#N)C(=O)OC(C)(C)C. The van der Waals surface area contributed by atoms with E-state index in [1.807, 2.05) is 0 Å². The van der Waals surface area contributed by atoms with Crippen LogP contribution in [0.5, 0.6) is 0 Å². The highest BCUT2D eigenvalue weighted by molar-refractivity contribution is 5.87. The van der Waals surface area contributed by atoms with Crippen LogP contribution in [-0.2, 0) is 14.3 Å².